The van der Waals surface area contributed by atoms with E-state index in [2.05, 4.69) is 52.1 Å². The van der Waals surface area contributed by atoms with Crippen LogP contribution in [-0.2, 0) is 0 Å². The van der Waals surface area contributed by atoms with E-state index in [1.807, 2.05) is 42.5 Å². The van der Waals surface area contributed by atoms with Gasteiger partial charge in [-0.15, -0.1) is 10.2 Å². The van der Waals surface area contributed by atoms with E-state index in [0.29, 0.717) is 11.6 Å². The van der Waals surface area contributed by atoms with Crippen LogP contribution in [0, 0.1) is 0 Å². The number of rotatable bonds is 3. The summed E-state index contributed by atoms with van der Waals surface area (Å²) in [6.45, 7) is 0. The first-order valence-corrected chi connectivity index (χ1v) is 8.05. The van der Waals surface area contributed by atoms with Gasteiger partial charge in [-0.1, -0.05) is 44.0 Å². The Morgan fingerprint density at radius 1 is 0.773 bits per heavy atom. The van der Waals surface area contributed by atoms with Gasteiger partial charge in [-0.25, -0.2) is 9.97 Å². The highest BCUT2D eigenvalue weighted by atomic mass is 79.9. The Morgan fingerprint density at radius 3 is 2.36 bits per heavy atom. The van der Waals surface area contributed by atoms with Gasteiger partial charge in [0.2, 0.25) is 0 Å². The zero-order valence-electron chi connectivity index (χ0n) is 11.3. The quantitative estimate of drug-likeness (QED) is 0.484. The predicted molar refractivity (Wildman–Crippen MR) is 93.5 cm³/mol. The Labute approximate surface area is 144 Å². The molecule has 3 rings (SSSR count). The topological polar surface area (TPSA) is 50.5 Å². The minimum atomic E-state index is 0.540. The fourth-order valence-corrected chi connectivity index (χ4v) is 3.16. The molecule has 4 nitrogen and oxygen atoms in total. The molecule has 0 saturated heterocycles. The molecule has 0 bridgehead atoms. The maximum Gasteiger partial charge on any atom is 0.175 e. The number of nitrogens with zero attached hydrogens (tertiary/aromatic N) is 4. The second-order valence-corrected chi connectivity index (χ2v) is 6.18. The Kier molecular flexibility index (Phi) is 4.70. The molecular formula is C16H10Br2N4. The van der Waals surface area contributed by atoms with Gasteiger partial charge in [0.1, 0.15) is 0 Å². The summed E-state index contributed by atoms with van der Waals surface area (Å²) < 4.78 is 2.02. The smallest absolute Gasteiger partial charge is 0.175 e. The van der Waals surface area contributed by atoms with E-state index >= 15 is 0 Å². The highest BCUT2D eigenvalue weighted by Crippen LogP contribution is 2.32. The summed E-state index contributed by atoms with van der Waals surface area (Å²) in [6.07, 6.45) is 3.40. The summed E-state index contributed by atoms with van der Waals surface area (Å²) in [5.41, 5.74) is 2.09. The van der Waals surface area contributed by atoms with Crippen molar-refractivity contribution in [3.63, 3.8) is 0 Å². The second-order valence-electron chi connectivity index (χ2n) is 4.41. The summed E-state index contributed by atoms with van der Waals surface area (Å²) >= 11 is 7.02. The molecule has 6 heteroatoms. The summed E-state index contributed by atoms with van der Waals surface area (Å²) in [5, 5.41) is 8.22. The van der Waals surface area contributed by atoms with E-state index in [0.717, 1.165) is 20.1 Å². The Balaban J connectivity index is 1.91. The molecule has 0 aliphatic heterocycles. The minimum Gasteiger partial charge on any atom is -0.236 e. The summed E-state index contributed by atoms with van der Waals surface area (Å²) in [4.78, 5) is 8.31. The van der Waals surface area contributed by atoms with Gasteiger partial charge in [-0.2, -0.15) is 0 Å². The summed E-state index contributed by atoms with van der Waals surface area (Å²) in [6, 6.07) is 15.4. The minimum absolute atomic E-state index is 0.540. The molecule has 108 valence electrons. The standard InChI is InChI=1S/C16H10Br2N4/c17-12-4-5-13(14(18)10-12)11-6-8-20-16(9-11)22-21-15-3-1-2-7-19-15/h1-10H. The van der Waals surface area contributed by atoms with Crippen molar-refractivity contribution in [2.45, 2.75) is 0 Å². The molecule has 0 N–H and O–H groups in total. The van der Waals surface area contributed by atoms with Gasteiger partial charge in [-0.3, -0.25) is 0 Å². The van der Waals surface area contributed by atoms with Crippen LogP contribution in [0.15, 0.2) is 80.1 Å². The number of benzene rings is 1. The van der Waals surface area contributed by atoms with Crippen molar-refractivity contribution in [3.05, 3.63) is 69.9 Å². The number of hydrogen-bond donors (Lipinski definition) is 0. The van der Waals surface area contributed by atoms with Gasteiger partial charge in [0.05, 0.1) is 0 Å². The van der Waals surface area contributed by atoms with E-state index in [1.54, 1.807) is 18.5 Å². The average molecular weight is 418 g/mol. The van der Waals surface area contributed by atoms with Crippen LogP contribution in [0.3, 0.4) is 0 Å². The molecule has 0 amide bonds. The molecule has 0 saturated carbocycles. The highest BCUT2D eigenvalue weighted by Gasteiger charge is 2.05. The van der Waals surface area contributed by atoms with Gasteiger partial charge in [-0.05, 0) is 47.5 Å². The Hall–Kier alpha value is -1.92. The van der Waals surface area contributed by atoms with Crippen LogP contribution in [0.1, 0.15) is 0 Å². The zero-order chi connectivity index (χ0) is 15.4. The van der Waals surface area contributed by atoms with Gasteiger partial charge in [0.15, 0.2) is 11.6 Å². The van der Waals surface area contributed by atoms with Crippen molar-refractivity contribution in [1.29, 1.82) is 0 Å². The lowest BCUT2D eigenvalue weighted by Crippen LogP contribution is -1.82. The van der Waals surface area contributed by atoms with Crippen LogP contribution in [-0.4, -0.2) is 9.97 Å². The van der Waals surface area contributed by atoms with Crippen molar-refractivity contribution < 1.29 is 0 Å². The summed E-state index contributed by atoms with van der Waals surface area (Å²) in [5.74, 6) is 1.09. The van der Waals surface area contributed by atoms with E-state index in [-0.39, 0.29) is 0 Å². The molecule has 0 aliphatic carbocycles. The molecule has 3 aromatic rings. The first-order chi connectivity index (χ1) is 10.7. The van der Waals surface area contributed by atoms with Gasteiger partial charge < -0.3 is 0 Å². The van der Waals surface area contributed by atoms with Crippen molar-refractivity contribution in [2.24, 2.45) is 10.2 Å². The third-order valence-electron chi connectivity index (χ3n) is 2.89. The van der Waals surface area contributed by atoms with Gasteiger partial charge >= 0.3 is 0 Å². The van der Waals surface area contributed by atoms with E-state index in [4.69, 9.17) is 0 Å². The van der Waals surface area contributed by atoms with Gasteiger partial charge in [0, 0.05) is 21.3 Å². The third kappa shape index (κ3) is 3.64. The van der Waals surface area contributed by atoms with E-state index in [9.17, 15) is 0 Å². The molecular weight excluding hydrogens is 408 g/mol. The number of hydrogen-bond acceptors (Lipinski definition) is 4. The monoisotopic (exact) mass is 416 g/mol. The molecule has 1 aromatic carbocycles. The maximum atomic E-state index is 4.21. The lowest BCUT2D eigenvalue weighted by molar-refractivity contribution is 1.11. The van der Waals surface area contributed by atoms with E-state index in [1.165, 1.54) is 0 Å². The molecule has 0 aliphatic rings. The highest BCUT2D eigenvalue weighted by molar-refractivity contribution is 9.11. The molecule has 0 fully saturated rings. The van der Waals surface area contributed by atoms with E-state index < -0.39 is 0 Å². The molecule has 22 heavy (non-hydrogen) atoms. The maximum absolute atomic E-state index is 4.21. The summed E-state index contributed by atoms with van der Waals surface area (Å²) in [7, 11) is 0. The van der Waals surface area contributed by atoms with Crippen molar-refractivity contribution >= 4 is 43.5 Å². The molecule has 0 unspecified atom stereocenters. The number of azo groups is 1. The lowest BCUT2D eigenvalue weighted by Gasteiger charge is -2.05. The number of halogens is 2. The third-order valence-corrected chi connectivity index (χ3v) is 4.04. The average Bonchev–Trinajstić information content (AvgIpc) is 2.54. The first-order valence-electron chi connectivity index (χ1n) is 6.46. The van der Waals surface area contributed by atoms with Crippen LogP contribution < -0.4 is 0 Å². The molecule has 0 spiro atoms. The normalized spacial score (nSPS) is 11.0. The molecule has 0 radical (unpaired) electrons. The fourth-order valence-electron chi connectivity index (χ4n) is 1.88. The lowest BCUT2D eigenvalue weighted by atomic mass is 10.1. The predicted octanol–water partition coefficient (Wildman–Crippen LogP) is 6.08. The molecule has 2 heterocycles. The molecule has 0 atom stereocenters. The zero-order valence-corrected chi connectivity index (χ0v) is 14.5. The van der Waals surface area contributed by atoms with Crippen molar-refractivity contribution in [2.75, 3.05) is 0 Å². The molecule has 2 aromatic heterocycles. The van der Waals surface area contributed by atoms with Crippen molar-refractivity contribution in [1.82, 2.24) is 9.97 Å². The van der Waals surface area contributed by atoms with Crippen molar-refractivity contribution in [3.8, 4) is 11.1 Å². The SMILES string of the molecule is Brc1ccc(-c2ccnc(N=Nc3ccccn3)c2)c(Br)c1. The van der Waals surface area contributed by atoms with Crippen LogP contribution in [0.2, 0.25) is 0 Å². The number of pyridine rings is 2. The van der Waals surface area contributed by atoms with Crippen LogP contribution >= 0.6 is 31.9 Å². The first kappa shape index (κ1) is 15.0. The Bertz CT molecular complexity index is 819. The number of aromatic nitrogens is 2. The largest absolute Gasteiger partial charge is 0.236 e. The van der Waals surface area contributed by atoms with Crippen LogP contribution in [0.5, 0.6) is 0 Å². The Morgan fingerprint density at radius 2 is 1.59 bits per heavy atom. The second kappa shape index (κ2) is 6.89. The van der Waals surface area contributed by atoms with Gasteiger partial charge in [0.25, 0.3) is 0 Å². The van der Waals surface area contributed by atoms with Crippen LogP contribution in [0.4, 0.5) is 11.6 Å². The fraction of sp³-hybridized carbons (Fsp3) is 0. The van der Waals surface area contributed by atoms with Crippen LogP contribution in [0.25, 0.3) is 11.1 Å².